The first-order chi connectivity index (χ1) is 4.75. The molecule has 1 rings (SSSR count). The third-order valence-electron chi connectivity index (χ3n) is 2.15. The van der Waals surface area contributed by atoms with Crippen LogP contribution in [-0.2, 0) is 0 Å². The molecule has 0 aromatic heterocycles. The van der Waals surface area contributed by atoms with Crippen molar-refractivity contribution in [3.63, 3.8) is 0 Å². The number of nitrogens with zero attached hydrogens (tertiary/aromatic N) is 1. The van der Waals surface area contributed by atoms with E-state index in [1.807, 2.05) is 13.1 Å². The topological polar surface area (TPSA) is 12.4 Å². The van der Waals surface area contributed by atoms with E-state index in [1.165, 1.54) is 6.42 Å². The molecule has 1 saturated carbocycles. The quantitative estimate of drug-likeness (QED) is 0.443. The van der Waals surface area contributed by atoms with Gasteiger partial charge in [-0.05, 0) is 37.1 Å². The Kier molecular flexibility index (Phi) is 2.78. The molecule has 0 spiro atoms. The molecule has 58 valence electrons. The second-order valence-corrected chi connectivity index (χ2v) is 4.09. The van der Waals surface area contributed by atoms with Gasteiger partial charge in [-0.25, -0.2) is 4.40 Å². The van der Waals surface area contributed by atoms with Crippen LogP contribution in [0, 0.1) is 11.8 Å². The lowest BCUT2D eigenvalue weighted by Crippen LogP contribution is -2.35. The lowest BCUT2D eigenvalue weighted by Gasteiger charge is -2.38. The Morgan fingerprint density at radius 2 is 2.00 bits per heavy atom. The van der Waals surface area contributed by atoms with Gasteiger partial charge < -0.3 is 0 Å². The third kappa shape index (κ3) is 1.54. The van der Waals surface area contributed by atoms with E-state index in [-0.39, 0.29) is 0 Å². The zero-order chi connectivity index (χ0) is 7.56. The Bertz CT molecular complexity index is 125. The molecule has 1 nitrogen and oxygen atoms in total. The number of hydrogen-bond donors (Lipinski definition) is 0. The maximum atomic E-state index is 4.19. The highest BCUT2D eigenvalue weighted by molar-refractivity contribution is 7.98. The van der Waals surface area contributed by atoms with E-state index >= 15 is 0 Å². The molecule has 0 saturated heterocycles. The monoisotopic (exact) mass is 157 g/mol. The van der Waals surface area contributed by atoms with Crippen LogP contribution >= 0.6 is 11.9 Å². The molecular weight excluding hydrogens is 142 g/mol. The van der Waals surface area contributed by atoms with Crippen LogP contribution in [0.2, 0.25) is 0 Å². The first-order valence-electron chi connectivity index (χ1n) is 3.89. The SMILES string of the molecule is CC=NSC1C(C)CC1C. The van der Waals surface area contributed by atoms with Crippen LogP contribution < -0.4 is 0 Å². The lowest BCUT2D eigenvalue weighted by molar-refractivity contribution is 0.249. The molecule has 0 radical (unpaired) electrons. The second-order valence-electron chi connectivity index (χ2n) is 3.12. The van der Waals surface area contributed by atoms with Gasteiger partial charge in [0, 0.05) is 11.5 Å². The van der Waals surface area contributed by atoms with Gasteiger partial charge >= 0.3 is 0 Å². The summed E-state index contributed by atoms with van der Waals surface area (Å²) in [5, 5.41) is 0.788. The van der Waals surface area contributed by atoms with Crippen LogP contribution in [0.4, 0.5) is 0 Å². The van der Waals surface area contributed by atoms with Crippen LogP contribution in [0.5, 0.6) is 0 Å². The van der Waals surface area contributed by atoms with E-state index in [9.17, 15) is 0 Å². The fraction of sp³-hybridized carbons (Fsp3) is 0.875. The summed E-state index contributed by atoms with van der Waals surface area (Å²) < 4.78 is 4.19. The average Bonchev–Trinajstić information content (AvgIpc) is 1.89. The summed E-state index contributed by atoms with van der Waals surface area (Å²) in [6.07, 6.45) is 3.26. The average molecular weight is 157 g/mol. The van der Waals surface area contributed by atoms with Crippen molar-refractivity contribution in [1.29, 1.82) is 0 Å². The summed E-state index contributed by atoms with van der Waals surface area (Å²) >= 11 is 1.75. The van der Waals surface area contributed by atoms with Gasteiger partial charge in [-0.15, -0.1) is 0 Å². The largest absolute Gasteiger partial charge is 0.229 e. The predicted molar refractivity (Wildman–Crippen MR) is 48.5 cm³/mol. The molecule has 2 heteroatoms. The van der Waals surface area contributed by atoms with Gasteiger partial charge in [-0.2, -0.15) is 0 Å². The molecule has 0 bridgehead atoms. The molecular formula is C8H15NS. The predicted octanol–water partition coefficient (Wildman–Crippen LogP) is 2.77. The summed E-state index contributed by atoms with van der Waals surface area (Å²) in [6.45, 7) is 6.59. The van der Waals surface area contributed by atoms with Crippen molar-refractivity contribution in [3.05, 3.63) is 0 Å². The fourth-order valence-electron chi connectivity index (χ4n) is 1.56. The van der Waals surface area contributed by atoms with E-state index < -0.39 is 0 Å². The molecule has 2 unspecified atom stereocenters. The van der Waals surface area contributed by atoms with Crippen molar-refractivity contribution < 1.29 is 0 Å². The van der Waals surface area contributed by atoms with Crippen molar-refractivity contribution in [1.82, 2.24) is 0 Å². The highest BCUT2D eigenvalue weighted by Gasteiger charge is 2.34. The minimum absolute atomic E-state index is 0.788. The molecule has 1 aliphatic carbocycles. The summed E-state index contributed by atoms with van der Waals surface area (Å²) in [4.78, 5) is 0. The Labute approximate surface area is 67.4 Å². The molecule has 1 aliphatic rings. The molecule has 10 heavy (non-hydrogen) atoms. The summed E-state index contributed by atoms with van der Waals surface area (Å²) in [5.41, 5.74) is 0. The molecule has 0 aliphatic heterocycles. The second kappa shape index (κ2) is 3.42. The van der Waals surface area contributed by atoms with E-state index in [4.69, 9.17) is 0 Å². The zero-order valence-corrected chi connectivity index (χ0v) is 7.69. The van der Waals surface area contributed by atoms with Gasteiger partial charge in [0.15, 0.2) is 0 Å². The normalized spacial score (nSPS) is 40.1. The highest BCUT2D eigenvalue weighted by Crippen LogP contribution is 2.42. The molecule has 0 N–H and O–H groups in total. The Morgan fingerprint density at radius 3 is 2.40 bits per heavy atom. The van der Waals surface area contributed by atoms with Crippen LogP contribution in [0.15, 0.2) is 4.40 Å². The standard InChI is InChI=1S/C8H15NS/c1-4-9-10-8-6(2)5-7(8)3/h4,6-8H,5H2,1-3H3. The van der Waals surface area contributed by atoms with E-state index in [0.717, 1.165) is 17.1 Å². The Hall–Kier alpha value is 0.0200. The summed E-state index contributed by atoms with van der Waals surface area (Å²) in [7, 11) is 0. The van der Waals surface area contributed by atoms with Crippen LogP contribution in [-0.4, -0.2) is 11.5 Å². The van der Waals surface area contributed by atoms with Gasteiger partial charge in [-0.3, -0.25) is 0 Å². The first kappa shape index (κ1) is 8.12. The molecule has 1 fully saturated rings. The van der Waals surface area contributed by atoms with Crippen molar-refractivity contribution in [2.24, 2.45) is 16.2 Å². The van der Waals surface area contributed by atoms with E-state index in [1.54, 1.807) is 11.9 Å². The Morgan fingerprint density at radius 1 is 1.40 bits per heavy atom. The third-order valence-corrected chi connectivity index (χ3v) is 3.66. The Balaban J connectivity index is 2.26. The van der Waals surface area contributed by atoms with Crippen molar-refractivity contribution >= 4 is 18.2 Å². The van der Waals surface area contributed by atoms with E-state index in [2.05, 4.69) is 18.2 Å². The van der Waals surface area contributed by atoms with E-state index in [0.29, 0.717) is 0 Å². The van der Waals surface area contributed by atoms with Gasteiger partial charge in [-0.1, -0.05) is 13.8 Å². The molecule has 0 heterocycles. The maximum absolute atomic E-state index is 4.19. The van der Waals surface area contributed by atoms with Gasteiger partial charge in [0.2, 0.25) is 0 Å². The zero-order valence-electron chi connectivity index (χ0n) is 6.87. The van der Waals surface area contributed by atoms with Crippen LogP contribution in [0.3, 0.4) is 0 Å². The lowest BCUT2D eigenvalue weighted by atomic mass is 9.77. The molecule has 2 atom stereocenters. The molecule has 0 aromatic rings. The van der Waals surface area contributed by atoms with Crippen LogP contribution in [0.25, 0.3) is 0 Å². The minimum Gasteiger partial charge on any atom is -0.229 e. The van der Waals surface area contributed by atoms with Gasteiger partial charge in [0.1, 0.15) is 0 Å². The fourth-order valence-corrected chi connectivity index (χ4v) is 2.46. The highest BCUT2D eigenvalue weighted by atomic mass is 32.2. The minimum atomic E-state index is 0.788. The smallest absolute Gasteiger partial charge is 0.0318 e. The summed E-state index contributed by atoms with van der Waals surface area (Å²) in [5.74, 6) is 1.76. The van der Waals surface area contributed by atoms with Crippen LogP contribution in [0.1, 0.15) is 27.2 Å². The van der Waals surface area contributed by atoms with Gasteiger partial charge in [0.05, 0.1) is 0 Å². The van der Waals surface area contributed by atoms with Crippen molar-refractivity contribution in [2.75, 3.05) is 0 Å². The van der Waals surface area contributed by atoms with Crippen molar-refractivity contribution in [2.45, 2.75) is 32.4 Å². The number of rotatable bonds is 2. The number of hydrogen-bond acceptors (Lipinski definition) is 2. The molecule has 0 aromatic carbocycles. The maximum Gasteiger partial charge on any atom is 0.0318 e. The van der Waals surface area contributed by atoms with Crippen molar-refractivity contribution in [3.8, 4) is 0 Å². The van der Waals surface area contributed by atoms with Gasteiger partial charge in [0.25, 0.3) is 0 Å². The first-order valence-corrected chi connectivity index (χ1v) is 4.73. The summed E-state index contributed by atoms with van der Waals surface area (Å²) in [6, 6.07) is 0. The molecule has 0 amide bonds.